The fourth-order valence-corrected chi connectivity index (χ4v) is 3.46. The predicted molar refractivity (Wildman–Crippen MR) is 90.8 cm³/mol. The predicted octanol–water partition coefficient (Wildman–Crippen LogP) is 1.93. The van der Waals surface area contributed by atoms with E-state index < -0.39 is 0 Å². The van der Waals surface area contributed by atoms with E-state index in [4.69, 9.17) is 0 Å². The van der Waals surface area contributed by atoms with Gasteiger partial charge >= 0.3 is 0 Å². The lowest BCUT2D eigenvalue weighted by Gasteiger charge is -2.49. The van der Waals surface area contributed by atoms with Gasteiger partial charge in [0.2, 0.25) is 0 Å². The van der Waals surface area contributed by atoms with Crippen molar-refractivity contribution >= 4 is 0 Å². The molecule has 1 aliphatic rings. The van der Waals surface area contributed by atoms with E-state index in [0.29, 0.717) is 5.54 Å². The van der Waals surface area contributed by atoms with Gasteiger partial charge < -0.3 is 20.2 Å². The maximum absolute atomic E-state index is 9.50. The summed E-state index contributed by atoms with van der Waals surface area (Å²) in [4.78, 5) is 4.91. The Morgan fingerprint density at radius 1 is 1.19 bits per heavy atom. The fourth-order valence-electron chi connectivity index (χ4n) is 3.46. The minimum absolute atomic E-state index is 0.105. The van der Waals surface area contributed by atoms with E-state index in [-0.39, 0.29) is 12.1 Å². The van der Waals surface area contributed by atoms with Crippen LogP contribution in [0.1, 0.15) is 52.4 Å². The summed E-state index contributed by atoms with van der Waals surface area (Å²) in [5.41, 5.74) is 0.324. The molecule has 4 nitrogen and oxygen atoms in total. The summed E-state index contributed by atoms with van der Waals surface area (Å²) in [5, 5.41) is 12.9. The van der Waals surface area contributed by atoms with Gasteiger partial charge in [-0.1, -0.05) is 13.3 Å². The molecule has 0 aromatic carbocycles. The Balaban J connectivity index is 2.23. The van der Waals surface area contributed by atoms with E-state index in [0.717, 1.165) is 19.5 Å². The van der Waals surface area contributed by atoms with Crippen molar-refractivity contribution in [3.05, 3.63) is 0 Å². The number of aliphatic hydroxyl groups is 1. The molecule has 0 aromatic rings. The first-order valence-electron chi connectivity index (χ1n) is 8.59. The van der Waals surface area contributed by atoms with Gasteiger partial charge in [-0.05, 0) is 73.3 Å². The minimum atomic E-state index is -0.105. The second kappa shape index (κ2) is 8.47. The van der Waals surface area contributed by atoms with E-state index in [2.05, 4.69) is 50.1 Å². The molecule has 0 radical (unpaired) electrons. The average Bonchev–Trinajstić information content (AvgIpc) is 2.39. The molecule has 1 fully saturated rings. The quantitative estimate of drug-likeness (QED) is 0.572. The van der Waals surface area contributed by atoms with Gasteiger partial charge in [-0.25, -0.2) is 0 Å². The second-order valence-corrected chi connectivity index (χ2v) is 7.42. The summed E-state index contributed by atoms with van der Waals surface area (Å²) in [5.74, 6) is 0. The van der Waals surface area contributed by atoms with Crippen molar-refractivity contribution in [3.8, 4) is 0 Å². The molecule has 2 N–H and O–H groups in total. The van der Waals surface area contributed by atoms with Crippen LogP contribution in [0.5, 0.6) is 0 Å². The van der Waals surface area contributed by atoms with Crippen LogP contribution >= 0.6 is 0 Å². The lowest BCUT2D eigenvalue weighted by Crippen LogP contribution is -2.56. The Bertz CT molecular complexity index is 292. The van der Waals surface area contributed by atoms with E-state index in [9.17, 15) is 5.11 Å². The number of nitrogens with one attached hydrogen (secondary N) is 1. The van der Waals surface area contributed by atoms with Gasteiger partial charge in [-0.3, -0.25) is 0 Å². The minimum Gasteiger partial charge on any atom is -0.394 e. The zero-order valence-electron chi connectivity index (χ0n) is 14.9. The number of hydrogen-bond acceptors (Lipinski definition) is 4. The van der Waals surface area contributed by atoms with Gasteiger partial charge in [0.15, 0.2) is 0 Å². The van der Waals surface area contributed by atoms with Crippen molar-refractivity contribution in [3.63, 3.8) is 0 Å². The van der Waals surface area contributed by atoms with Gasteiger partial charge in [-0.2, -0.15) is 0 Å². The third-order valence-corrected chi connectivity index (χ3v) is 5.27. The van der Waals surface area contributed by atoms with Crippen molar-refractivity contribution in [2.45, 2.75) is 63.5 Å². The van der Waals surface area contributed by atoms with E-state index >= 15 is 0 Å². The van der Waals surface area contributed by atoms with Gasteiger partial charge in [0, 0.05) is 17.6 Å². The number of likely N-dealkylation sites (N-methyl/N-ethyl adjacent to an activating group) is 3. The molecule has 0 saturated heterocycles. The molecule has 0 spiro atoms. The maximum atomic E-state index is 9.50. The van der Waals surface area contributed by atoms with E-state index in [1.54, 1.807) is 0 Å². The summed E-state index contributed by atoms with van der Waals surface area (Å²) < 4.78 is 0. The van der Waals surface area contributed by atoms with Crippen molar-refractivity contribution in [1.82, 2.24) is 15.1 Å². The average molecular weight is 300 g/mol. The first-order chi connectivity index (χ1) is 9.87. The van der Waals surface area contributed by atoms with E-state index in [1.165, 1.54) is 38.6 Å². The number of aliphatic hydroxyl groups excluding tert-OH is 1. The normalized spacial score (nSPS) is 20.6. The number of rotatable bonds is 11. The molecular formula is C17H37N3O. The standard InChI is InChI=1S/C17H37N3O/c1-6-18-16(2,15-21)10-7-8-13-20(5)14-17(19(3)4)11-9-12-17/h18,21H,6-15H2,1-5H3. The highest BCUT2D eigenvalue weighted by atomic mass is 16.3. The lowest BCUT2D eigenvalue weighted by atomic mass is 9.75. The summed E-state index contributed by atoms with van der Waals surface area (Å²) in [6.45, 7) is 7.70. The van der Waals surface area contributed by atoms with Crippen molar-refractivity contribution in [1.29, 1.82) is 0 Å². The van der Waals surface area contributed by atoms with Crippen molar-refractivity contribution < 1.29 is 5.11 Å². The van der Waals surface area contributed by atoms with Crippen LogP contribution in [0.4, 0.5) is 0 Å². The van der Waals surface area contributed by atoms with Crippen LogP contribution in [0.15, 0.2) is 0 Å². The SMILES string of the molecule is CCNC(C)(CO)CCCCN(C)CC1(N(C)C)CCC1. The molecule has 1 unspecified atom stereocenters. The molecule has 1 rings (SSSR count). The molecule has 0 bridgehead atoms. The Morgan fingerprint density at radius 3 is 2.29 bits per heavy atom. The Hall–Kier alpha value is -0.160. The molecule has 21 heavy (non-hydrogen) atoms. The van der Waals surface area contributed by atoms with Crippen LogP contribution in [0.3, 0.4) is 0 Å². The molecule has 1 saturated carbocycles. The summed E-state index contributed by atoms with van der Waals surface area (Å²) in [7, 11) is 6.69. The Morgan fingerprint density at radius 2 is 1.86 bits per heavy atom. The van der Waals surface area contributed by atoms with Crippen LogP contribution in [-0.4, -0.2) is 73.4 Å². The maximum Gasteiger partial charge on any atom is 0.0610 e. The summed E-state index contributed by atoms with van der Waals surface area (Å²) in [6, 6.07) is 0. The third kappa shape index (κ3) is 5.51. The van der Waals surface area contributed by atoms with Gasteiger partial charge in [0.1, 0.15) is 0 Å². The molecule has 4 heteroatoms. The third-order valence-electron chi connectivity index (χ3n) is 5.27. The second-order valence-electron chi connectivity index (χ2n) is 7.42. The topological polar surface area (TPSA) is 38.7 Å². The summed E-state index contributed by atoms with van der Waals surface area (Å²) in [6.07, 6.45) is 7.48. The van der Waals surface area contributed by atoms with Gasteiger partial charge in [0.05, 0.1) is 6.61 Å². The fraction of sp³-hybridized carbons (Fsp3) is 1.00. The van der Waals surface area contributed by atoms with Crippen LogP contribution in [0, 0.1) is 0 Å². The smallest absolute Gasteiger partial charge is 0.0610 e. The highest BCUT2D eigenvalue weighted by molar-refractivity contribution is 4.97. The van der Waals surface area contributed by atoms with Crippen LogP contribution in [0.2, 0.25) is 0 Å². The van der Waals surface area contributed by atoms with Gasteiger partial charge in [-0.15, -0.1) is 0 Å². The molecule has 1 aliphatic carbocycles. The summed E-state index contributed by atoms with van der Waals surface area (Å²) >= 11 is 0. The zero-order chi connectivity index (χ0) is 15.9. The number of unbranched alkanes of at least 4 members (excludes halogenated alkanes) is 1. The van der Waals surface area contributed by atoms with Crippen molar-refractivity contribution in [2.75, 3.05) is 47.4 Å². The Kier molecular flexibility index (Phi) is 7.62. The number of hydrogen-bond donors (Lipinski definition) is 2. The molecule has 1 atom stereocenters. The van der Waals surface area contributed by atoms with Crippen molar-refractivity contribution in [2.24, 2.45) is 0 Å². The Labute approximate surface area is 131 Å². The zero-order valence-corrected chi connectivity index (χ0v) is 14.9. The lowest BCUT2D eigenvalue weighted by molar-refractivity contribution is 0.0273. The van der Waals surface area contributed by atoms with Gasteiger partial charge in [0.25, 0.3) is 0 Å². The first kappa shape index (κ1) is 18.9. The first-order valence-corrected chi connectivity index (χ1v) is 8.59. The highest BCUT2D eigenvalue weighted by Gasteiger charge is 2.39. The highest BCUT2D eigenvalue weighted by Crippen LogP contribution is 2.36. The van der Waals surface area contributed by atoms with Crippen LogP contribution in [0.25, 0.3) is 0 Å². The molecule has 0 aromatic heterocycles. The van der Waals surface area contributed by atoms with Crippen LogP contribution in [-0.2, 0) is 0 Å². The van der Waals surface area contributed by atoms with E-state index in [1.807, 2.05) is 0 Å². The molecule has 126 valence electrons. The molecule has 0 heterocycles. The molecular weight excluding hydrogens is 262 g/mol. The monoisotopic (exact) mass is 299 g/mol. The van der Waals surface area contributed by atoms with Crippen LogP contribution < -0.4 is 5.32 Å². The largest absolute Gasteiger partial charge is 0.394 e. The number of nitrogens with zero attached hydrogens (tertiary/aromatic N) is 2. The molecule has 0 aliphatic heterocycles. The molecule has 0 amide bonds.